The molecule has 1 aromatic carbocycles. The van der Waals surface area contributed by atoms with Crippen LogP contribution in [0.25, 0.3) is 0 Å². The lowest BCUT2D eigenvalue weighted by Gasteiger charge is -2.14. The van der Waals surface area contributed by atoms with Gasteiger partial charge in [-0.25, -0.2) is 0 Å². The molecular weight excluding hydrogens is 505 g/mol. The monoisotopic (exact) mass is 546 g/mol. The van der Waals surface area contributed by atoms with Crippen LogP contribution in [0.3, 0.4) is 0 Å². The summed E-state index contributed by atoms with van der Waals surface area (Å²) in [6.45, 7) is 5.88. The molecule has 0 spiro atoms. The number of hydrogen-bond acceptors (Lipinski definition) is 4. The fraction of sp³-hybridized carbons (Fsp3) is 0.471. The van der Waals surface area contributed by atoms with Crippen molar-refractivity contribution in [1.82, 2.24) is 0 Å². The van der Waals surface area contributed by atoms with Crippen LogP contribution >= 0.6 is 22.7 Å². The lowest BCUT2D eigenvalue weighted by molar-refractivity contribution is 0.295. The van der Waals surface area contributed by atoms with Gasteiger partial charge < -0.3 is 9.47 Å². The molecular formula is C34H42O2S2. The van der Waals surface area contributed by atoms with Gasteiger partial charge in [0.15, 0.2) is 0 Å². The van der Waals surface area contributed by atoms with E-state index < -0.39 is 0 Å². The van der Waals surface area contributed by atoms with Crippen molar-refractivity contribution in [1.29, 1.82) is 0 Å². The Labute approximate surface area is 238 Å². The molecule has 0 fully saturated rings. The highest BCUT2D eigenvalue weighted by molar-refractivity contribution is 7.08. The quantitative estimate of drug-likeness (QED) is 0.131. The Bertz CT molecular complexity index is 1060. The first-order valence-electron chi connectivity index (χ1n) is 14.3. The molecule has 0 radical (unpaired) electrons. The molecule has 0 bridgehead atoms. The van der Waals surface area contributed by atoms with Crippen LogP contribution in [0.2, 0.25) is 0 Å². The Morgan fingerprint density at radius 1 is 0.553 bits per heavy atom. The molecule has 0 aliphatic heterocycles. The summed E-state index contributed by atoms with van der Waals surface area (Å²) in [5, 5.41) is 8.25. The smallest absolute Gasteiger partial charge is 0.136 e. The molecule has 202 valence electrons. The van der Waals surface area contributed by atoms with Crippen molar-refractivity contribution in [3.05, 3.63) is 68.0 Å². The number of thiophene rings is 2. The van der Waals surface area contributed by atoms with E-state index in [0.29, 0.717) is 13.2 Å². The molecule has 2 heterocycles. The van der Waals surface area contributed by atoms with Crippen LogP contribution in [0.4, 0.5) is 0 Å². The third kappa shape index (κ3) is 11.4. The number of ether oxygens (including phenoxy) is 2. The summed E-state index contributed by atoms with van der Waals surface area (Å²) >= 11 is 3.32. The SMILES string of the molecule is CCCCCCCCOc1cc(C#Cc2ccsc2)c(OCCCCCCCC)cc1C#Cc1ccsc1. The van der Waals surface area contributed by atoms with Crippen molar-refractivity contribution in [3.63, 3.8) is 0 Å². The highest BCUT2D eigenvalue weighted by Gasteiger charge is 2.11. The Hall–Kier alpha value is -2.66. The summed E-state index contributed by atoms with van der Waals surface area (Å²) in [6, 6.07) is 8.16. The average molecular weight is 547 g/mol. The highest BCUT2D eigenvalue weighted by atomic mass is 32.1. The minimum absolute atomic E-state index is 0.689. The van der Waals surface area contributed by atoms with Crippen LogP contribution in [0.5, 0.6) is 11.5 Å². The van der Waals surface area contributed by atoms with Crippen molar-refractivity contribution in [2.24, 2.45) is 0 Å². The maximum atomic E-state index is 6.31. The third-order valence-corrected chi connectivity index (χ3v) is 7.68. The molecule has 2 nitrogen and oxygen atoms in total. The van der Waals surface area contributed by atoms with Gasteiger partial charge in [0.05, 0.1) is 24.3 Å². The molecule has 0 N–H and O–H groups in total. The van der Waals surface area contributed by atoms with Crippen LogP contribution in [-0.2, 0) is 0 Å². The van der Waals surface area contributed by atoms with Crippen molar-refractivity contribution >= 4 is 22.7 Å². The molecule has 0 atom stereocenters. The topological polar surface area (TPSA) is 18.5 Å². The van der Waals surface area contributed by atoms with E-state index in [1.807, 2.05) is 24.3 Å². The van der Waals surface area contributed by atoms with Gasteiger partial charge in [-0.3, -0.25) is 0 Å². The number of rotatable bonds is 16. The Balaban J connectivity index is 1.78. The summed E-state index contributed by atoms with van der Waals surface area (Å²) in [4.78, 5) is 0. The maximum absolute atomic E-state index is 6.31. The minimum Gasteiger partial charge on any atom is -0.492 e. The van der Waals surface area contributed by atoms with Gasteiger partial charge in [0, 0.05) is 34.0 Å². The third-order valence-electron chi connectivity index (χ3n) is 6.32. The van der Waals surface area contributed by atoms with Gasteiger partial charge in [-0.2, -0.15) is 22.7 Å². The van der Waals surface area contributed by atoms with Crippen LogP contribution in [0.15, 0.2) is 45.8 Å². The Morgan fingerprint density at radius 3 is 1.37 bits per heavy atom. The first-order valence-corrected chi connectivity index (χ1v) is 16.2. The summed E-state index contributed by atoms with van der Waals surface area (Å²) in [6.07, 6.45) is 14.8. The van der Waals surface area contributed by atoms with Crippen molar-refractivity contribution < 1.29 is 9.47 Å². The normalized spacial score (nSPS) is 10.4. The lowest BCUT2D eigenvalue weighted by atomic mass is 10.1. The van der Waals surface area contributed by atoms with Gasteiger partial charge in [-0.1, -0.05) is 102 Å². The Morgan fingerprint density at radius 2 is 0.974 bits per heavy atom. The highest BCUT2D eigenvalue weighted by Crippen LogP contribution is 2.29. The minimum atomic E-state index is 0.689. The fourth-order valence-corrected chi connectivity index (χ4v) is 5.25. The van der Waals surface area contributed by atoms with Gasteiger partial charge in [0.25, 0.3) is 0 Å². The van der Waals surface area contributed by atoms with E-state index in [4.69, 9.17) is 9.47 Å². The van der Waals surface area contributed by atoms with E-state index in [1.165, 1.54) is 64.2 Å². The fourth-order valence-electron chi connectivity index (χ4n) is 4.07. The van der Waals surface area contributed by atoms with Gasteiger partial charge in [-0.15, -0.1) is 0 Å². The molecule has 0 aliphatic rings. The van der Waals surface area contributed by atoms with Crippen LogP contribution < -0.4 is 9.47 Å². The van der Waals surface area contributed by atoms with Crippen LogP contribution in [-0.4, -0.2) is 13.2 Å². The predicted molar refractivity (Wildman–Crippen MR) is 165 cm³/mol. The first kappa shape index (κ1) is 29.9. The molecule has 3 rings (SSSR count). The maximum Gasteiger partial charge on any atom is 0.136 e. The van der Waals surface area contributed by atoms with E-state index in [2.05, 4.69) is 59.0 Å². The zero-order valence-corrected chi connectivity index (χ0v) is 24.8. The summed E-state index contributed by atoms with van der Waals surface area (Å²) in [5.74, 6) is 14.9. The molecule has 2 aromatic heterocycles. The van der Waals surface area contributed by atoms with Gasteiger partial charge in [0.2, 0.25) is 0 Å². The van der Waals surface area contributed by atoms with Gasteiger partial charge >= 0.3 is 0 Å². The zero-order chi connectivity index (χ0) is 26.7. The standard InChI is InChI=1S/C34H42O2S2/c1-3-5-7-9-11-13-21-35-33-25-32(18-16-30-20-24-38-28-30)34(36-22-14-12-10-8-6-4-2)26-31(33)17-15-29-19-23-37-27-29/h19-20,23-28H,3-14,21-22H2,1-2H3. The summed E-state index contributed by atoms with van der Waals surface area (Å²) < 4.78 is 12.6. The number of benzene rings is 1. The number of hydrogen-bond donors (Lipinski definition) is 0. The van der Waals surface area contributed by atoms with E-state index in [-0.39, 0.29) is 0 Å². The molecule has 38 heavy (non-hydrogen) atoms. The lowest BCUT2D eigenvalue weighted by Crippen LogP contribution is -2.03. The van der Waals surface area contributed by atoms with Crippen LogP contribution in [0, 0.1) is 23.7 Å². The molecule has 0 aliphatic carbocycles. The second kappa shape index (κ2) is 18.6. The second-order valence-corrected chi connectivity index (χ2v) is 11.2. The van der Waals surface area contributed by atoms with Gasteiger partial charge in [0.1, 0.15) is 11.5 Å². The zero-order valence-electron chi connectivity index (χ0n) is 23.2. The second-order valence-electron chi connectivity index (χ2n) is 9.60. The largest absolute Gasteiger partial charge is 0.492 e. The Kier molecular flexibility index (Phi) is 14.6. The average Bonchev–Trinajstić information content (AvgIpc) is 3.65. The summed E-state index contributed by atoms with van der Waals surface area (Å²) in [7, 11) is 0. The molecule has 0 saturated heterocycles. The molecule has 0 unspecified atom stereocenters. The van der Waals surface area contributed by atoms with E-state index >= 15 is 0 Å². The van der Waals surface area contributed by atoms with Crippen molar-refractivity contribution in [2.45, 2.75) is 90.9 Å². The van der Waals surface area contributed by atoms with E-state index in [1.54, 1.807) is 22.7 Å². The van der Waals surface area contributed by atoms with Gasteiger partial charge in [-0.05, 0) is 35.7 Å². The van der Waals surface area contributed by atoms with Crippen molar-refractivity contribution in [3.8, 4) is 35.2 Å². The number of unbranched alkanes of at least 4 members (excludes halogenated alkanes) is 10. The van der Waals surface area contributed by atoms with Crippen molar-refractivity contribution in [2.75, 3.05) is 13.2 Å². The molecule has 0 amide bonds. The van der Waals surface area contributed by atoms with Crippen LogP contribution in [0.1, 0.15) is 113 Å². The predicted octanol–water partition coefficient (Wildman–Crippen LogP) is 10.1. The first-order chi connectivity index (χ1) is 18.8. The summed E-state index contributed by atoms with van der Waals surface area (Å²) in [5.41, 5.74) is 3.77. The van der Waals surface area contributed by atoms with E-state index in [9.17, 15) is 0 Å². The molecule has 0 saturated carbocycles. The molecule has 4 heteroatoms. The molecule has 3 aromatic rings. The van der Waals surface area contributed by atoms with E-state index in [0.717, 1.165) is 46.6 Å².